The molecule has 0 spiro atoms. The third-order valence-electron chi connectivity index (χ3n) is 5.99. The van der Waals surface area contributed by atoms with Crippen molar-refractivity contribution in [3.8, 4) is 0 Å². The number of rotatable bonds is 12. The normalized spacial score (nSPS) is 13.2. The number of amides is 2. The van der Waals surface area contributed by atoms with E-state index in [4.69, 9.17) is 0 Å². The zero-order valence-electron chi connectivity index (χ0n) is 21.9. The molecule has 0 aliphatic rings. The van der Waals surface area contributed by atoms with E-state index >= 15 is 0 Å². The SMILES string of the molecule is CCC(C)NC(=O)C(CC)N(Cc1ccc(C)cc1)C(=O)CN(c1ccc(F)cc1)S(=O)(=O)N(C)C. The van der Waals surface area contributed by atoms with Crippen LogP contribution in [-0.4, -0.2) is 62.2 Å². The molecule has 0 aromatic heterocycles. The number of halogens is 1. The number of carbonyl (C=O) groups is 2. The Bertz CT molecular complexity index is 1120. The summed E-state index contributed by atoms with van der Waals surface area (Å²) in [6.07, 6.45) is 1.07. The Morgan fingerprint density at radius 2 is 1.56 bits per heavy atom. The molecule has 0 heterocycles. The summed E-state index contributed by atoms with van der Waals surface area (Å²) in [5, 5.41) is 2.94. The van der Waals surface area contributed by atoms with Crippen LogP contribution in [-0.2, 0) is 26.3 Å². The van der Waals surface area contributed by atoms with Gasteiger partial charge in [0.05, 0.1) is 5.69 Å². The van der Waals surface area contributed by atoms with E-state index in [9.17, 15) is 22.4 Å². The lowest BCUT2D eigenvalue weighted by Crippen LogP contribution is -2.54. The molecule has 0 saturated carbocycles. The van der Waals surface area contributed by atoms with Crippen molar-refractivity contribution in [3.63, 3.8) is 0 Å². The van der Waals surface area contributed by atoms with Crippen LogP contribution in [0.1, 0.15) is 44.7 Å². The Balaban J connectivity index is 2.48. The molecular formula is C26H37FN4O4S. The highest BCUT2D eigenvalue weighted by molar-refractivity contribution is 7.90. The van der Waals surface area contributed by atoms with E-state index in [1.807, 2.05) is 52.0 Å². The highest BCUT2D eigenvalue weighted by atomic mass is 32.2. The van der Waals surface area contributed by atoms with Gasteiger partial charge < -0.3 is 10.2 Å². The summed E-state index contributed by atoms with van der Waals surface area (Å²) in [5.74, 6) is -1.37. The highest BCUT2D eigenvalue weighted by Crippen LogP contribution is 2.22. The smallest absolute Gasteiger partial charge is 0.304 e. The van der Waals surface area contributed by atoms with Gasteiger partial charge in [-0.2, -0.15) is 12.7 Å². The fraction of sp³-hybridized carbons (Fsp3) is 0.462. The van der Waals surface area contributed by atoms with Gasteiger partial charge in [0.2, 0.25) is 11.8 Å². The average Bonchev–Trinajstić information content (AvgIpc) is 2.83. The minimum atomic E-state index is -4.09. The van der Waals surface area contributed by atoms with Crippen molar-refractivity contribution in [2.75, 3.05) is 24.9 Å². The van der Waals surface area contributed by atoms with Gasteiger partial charge in [-0.3, -0.25) is 9.59 Å². The van der Waals surface area contributed by atoms with Crippen molar-refractivity contribution in [1.29, 1.82) is 0 Å². The molecule has 10 heteroatoms. The fourth-order valence-electron chi connectivity index (χ4n) is 3.58. The summed E-state index contributed by atoms with van der Waals surface area (Å²) in [6, 6.07) is 11.6. The van der Waals surface area contributed by atoms with E-state index in [0.29, 0.717) is 6.42 Å². The lowest BCUT2D eigenvalue weighted by Gasteiger charge is -2.34. The van der Waals surface area contributed by atoms with Crippen LogP contribution in [0.3, 0.4) is 0 Å². The van der Waals surface area contributed by atoms with Crippen molar-refractivity contribution in [3.05, 3.63) is 65.5 Å². The number of nitrogens with zero attached hydrogens (tertiary/aromatic N) is 3. The molecule has 2 aromatic rings. The molecule has 0 aliphatic carbocycles. The standard InChI is InChI=1S/C26H37FN4O4S/c1-7-20(4)28-26(33)24(8-2)30(17-21-11-9-19(3)10-12-21)25(32)18-31(36(34,35)29(5)6)23-15-13-22(27)14-16-23/h9-16,20,24H,7-8,17-18H2,1-6H3,(H,28,33). The number of hydrogen-bond donors (Lipinski definition) is 1. The Hall–Kier alpha value is -2.98. The molecule has 36 heavy (non-hydrogen) atoms. The predicted octanol–water partition coefficient (Wildman–Crippen LogP) is 3.47. The average molecular weight is 521 g/mol. The molecule has 2 atom stereocenters. The minimum Gasteiger partial charge on any atom is -0.352 e. The first-order valence-corrected chi connectivity index (χ1v) is 13.4. The van der Waals surface area contributed by atoms with Crippen molar-refractivity contribution < 1.29 is 22.4 Å². The van der Waals surface area contributed by atoms with Crippen LogP contribution in [0.5, 0.6) is 0 Å². The summed E-state index contributed by atoms with van der Waals surface area (Å²) in [4.78, 5) is 28.3. The first-order chi connectivity index (χ1) is 16.9. The molecule has 8 nitrogen and oxygen atoms in total. The van der Waals surface area contributed by atoms with Gasteiger partial charge in [0.25, 0.3) is 0 Å². The number of anilines is 1. The van der Waals surface area contributed by atoms with Crippen LogP contribution in [0.15, 0.2) is 48.5 Å². The lowest BCUT2D eigenvalue weighted by atomic mass is 10.1. The molecular weight excluding hydrogens is 483 g/mol. The summed E-state index contributed by atoms with van der Waals surface area (Å²) in [7, 11) is -1.38. The first kappa shape index (κ1) is 29.3. The van der Waals surface area contributed by atoms with Gasteiger partial charge in [-0.1, -0.05) is 43.7 Å². The van der Waals surface area contributed by atoms with Crippen molar-refractivity contribution >= 4 is 27.7 Å². The summed E-state index contributed by atoms with van der Waals surface area (Å²) in [6.45, 7) is 7.18. The molecule has 0 fully saturated rings. The van der Waals surface area contributed by atoms with Gasteiger partial charge in [0.15, 0.2) is 0 Å². The summed E-state index contributed by atoms with van der Waals surface area (Å²) in [5.41, 5.74) is 2.01. The molecule has 0 radical (unpaired) electrons. The summed E-state index contributed by atoms with van der Waals surface area (Å²) >= 11 is 0. The van der Waals surface area contributed by atoms with Gasteiger partial charge in [0, 0.05) is 26.7 Å². The number of carbonyl (C=O) groups excluding carboxylic acids is 2. The number of nitrogens with one attached hydrogen (secondary N) is 1. The van der Waals surface area contributed by atoms with Gasteiger partial charge in [0.1, 0.15) is 18.4 Å². The Morgan fingerprint density at radius 1 is 0.972 bits per heavy atom. The van der Waals surface area contributed by atoms with Crippen LogP contribution in [0.2, 0.25) is 0 Å². The molecule has 1 N–H and O–H groups in total. The van der Waals surface area contributed by atoms with Crippen LogP contribution in [0, 0.1) is 12.7 Å². The summed E-state index contributed by atoms with van der Waals surface area (Å²) < 4.78 is 41.7. The Labute approximate surface area is 214 Å². The van der Waals surface area contributed by atoms with Crippen LogP contribution < -0.4 is 9.62 Å². The molecule has 198 valence electrons. The second kappa shape index (κ2) is 12.8. The zero-order chi connectivity index (χ0) is 27.0. The van der Waals surface area contributed by atoms with Gasteiger partial charge in [-0.05, 0) is 56.5 Å². The molecule has 0 saturated heterocycles. The van der Waals surface area contributed by atoms with Crippen LogP contribution >= 0.6 is 0 Å². The zero-order valence-corrected chi connectivity index (χ0v) is 22.7. The van der Waals surface area contributed by atoms with Gasteiger partial charge >= 0.3 is 10.2 Å². The molecule has 2 unspecified atom stereocenters. The minimum absolute atomic E-state index is 0.0762. The van der Waals surface area contributed by atoms with E-state index in [1.54, 1.807) is 0 Å². The quantitative estimate of drug-likeness (QED) is 0.464. The highest BCUT2D eigenvalue weighted by Gasteiger charge is 2.34. The van der Waals surface area contributed by atoms with Gasteiger partial charge in [-0.15, -0.1) is 0 Å². The second-order valence-corrected chi connectivity index (χ2v) is 11.1. The second-order valence-electron chi connectivity index (χ2n) is 9.02. The van der Waals surface area contributed by atoms with Gasteiger partial charge in [-0.25, -0.2) is 8.70 Å². The van der Waals surface area contributed by atoms with E-state index in [0.717, 1.165) is 38.3 Å². The van der Waals surface area contributed by atoms with Crippen LogP contribution in [0.25, 0.3) is 0 Å². The van der Waals surface area contributed by atoms with Crippen molar-refractivity contribution in [1.82, 2.24) is 14.5 Å². The third-order valence-corrected chi connectivity index (χ3v) is 7.81. The van der Waals surface area contributed by atoms with E-state index < -0.39 is 34.5 Å². The van der Waals surface area contributed by atoms with Crippen molar-refractivity contribution in [2.24, 2.45) is 0 Å². The topological polar surface area (TPSA) is 90.0 Å². The molecule has 2 aromatic carbocycles. The number of hydrogen-bond acceptors (Lipinski definition) is 4. The van der Waals surface area contributed by atoms with E-state index in [1.165, 1.54) is 31.1 Å². The van der Waals surface area contributed by atoms with E-state index in [2.05, 4.69) is 5.32 Å². The van der Waals surface area contributed by atoms with Crippen LogP contribution in [0.4, 0.5) is 10.1 Å². The van der Waals surface area contributed by atoms with E-state index in [-0.39, 0.29) is 24.2 Å². The van der Waals surface area contributed by atoms with Crippen molar-refractivity contribution in [2.45, 2.75) is 59.2 Å². The Kier molecular flexibility index (Phi) is 10.4. The molecule has 0 aliphatic heterocycles. The molecule has 0 bridgehead atoms. The largest absolute Gasteiger partial charge is 0.352 e. The molecule has 2 amide bonds. The fourth-order valence-corrected chi connectivity index (χ4v) is 4.63. The number of benzene rings is 2. The predicted molar refractivity (Wildman–Crippen MR) is 140 cm³/mol. The maximum absolute atomic E-state index is 13.7. The monoisotopic (exact) mass is 520 g/mol. The molecule has 2 rings (SSSR count). The maximum atomic E-state index is 13.7. The Morgan fingerprint density at radius 3 is 2.06 bits per heavy atom. The maximum Gasteiger partial charge on any atom is 0.304 e. The lowest BCUT2D eigenvalue weighted by molar-refractivity contribution is -0.140. The number of aryl methyl sites for hydroxylation is 1. The third kappa shape index (κ3) is 7.51. The first-order valence-electron chi connectivity index (χ1n) is 12.0.